The Hall–Kier alpha value is -3.06. The van der Waals surface area contributed by atoms with Gasteiger partial charge in [0.15, 0.2) is 0 Å². The lowest BCUT2D eigenvalue weighted by Crippen LogP contribution is -2.38. The van der Waals surface area contributed by atoms with Gasteiger partial charge >= 0.3 is 5.97 Å². The molecule has 4 rings (SSSR count). The average molecular weight is 487 g/mol. The van der Waals surface area contributed by atoms with Gasteiger partial charge in [0.25, 0.3) is 0 Å². The monoisotopic (exact) mass is 486 g/mol. The number of hydrogen-bond acceptors (Lipinski definition) is 3. The molecule has 0 unspecified atom stereocenters. The summed E-state index contributed by atoms with van der Waals surface area (Å²) in [5.74, 6) is -0.967. The summed E-state index contributed by atoms with van der Waals surface area (Å²) in [5.41, 5.74) is 2.76. The summed E-state index contributed by atoms with van der Waals surface area (Å²) in [6, 6.07) is 16.4. The zero-order chi connectivity index (χ0) is 23.4. The summed E-state index contributed by atoms with van der Waals surface area (Å²) >= 11 is 12.2. The highest BCUT2D eigenvalue weighted by Crippen LogP contribution is 2.27. The summed E-state index contributed by atoms with van der Waals surface area (Å²) in [7, 11) is 0. The minimum absolute atomic E-state index is 0.0716. The predicted molar refractivity (Wildman–Crippen MR) is 127 cm³/mol. The van der Waals surface area contributed by atoms with Crippen LogP contribution in [0.2, 0.25) is 10.0 Å². The summed E-state index contributed by atoms with van der Waals surface area (Å²) in [5, 5.41) is 14.6. The Morgan fingerprint density at radius 3 is 2.70 bits per heavy atom. The Morgan fingerprint density at radius 1 is 1.09 bits per heavy atom. The van der Waals surface area contributed by atoms with E-state index in [4.69, 9.17) is 27.9 Å². The first-order valence-corrected chi connectivity index (χ1v) is 11.0. The van der Waals surface area contributed by atoms with Gasteiger partial charge in [0, 0.05) is 46.2 Å². The molecule has 0 saturated heterocycles. The van der Waals surface area contributed by atoms with Gasteiger partial charge in [-0.1, -0.05) is 47.5 Å². The van der Waals surface area contributed by atoms with E-state index in [1.165, 1.54) is 12.1 Å². The third-order valence-corrected chi connectivity index (χ3v) is 5.98. The molecular weight excluding hydrogens is 466 g/mol. The molecule has 1 aromatic heterocycles. The second-order valence-electron chi connectivity index (χ2n) is 7.58. The molecule has 3 aromatic carbocycles. The minimum Gasteiger partial charge on any atom is -0.488 e. The Labute approximate surface area is 200 Å². The molecule has 0 aliphatic heterocycles. The van der Waals surface area contributed by atoms with E-state index < -0.39 is 17.8 Å². The highest BCUT2D eigenvalue weighted by molar-refractivity contribution is 6.31. The number of carbonyl (C=O) groups is 1. The van der Waals surface area contributed by atoms with Crippen LogP contribution in [0.4, 0.5) is 4.39 Å². The van der Waals surface area contributed by atoms with Crippen molar-refractivity contribution >= 4 is 40.1 Å². The number of ether oxygens (including phenoxy) is 1. The number of fused-ring (bicyclic) bond motifs is 1. The molecule has 0 bridgehead atoms. The lowest BCUT2D eigenvalue weighted by atomic mass is 10.0. The first-order valence-electron chi connectivity index (χ1n) is 10.3. The third kappa shape index (κ3) is 5.47. The Morgan fingerprint density at radius 2 is 1.91 bits per heavy atom. The number of H-pyrrole nitrogens is 1. The van der Waals surface area contributed by atoms with Crippen LogP contribution < -0.4 is 10.1 Å². The maximum absolute atomic E-state index is 14.1. The Bertz CT molecular complexity index is 1270. The van der Waals surface area contributed by atoms with Crippen molar-refractivity contribution in [1.29, 1.82) is 0 Å². The van der Waals surface area contributed by atoms with Crippen LogP contribution in [0.1, 0.15) is 16.7 Å². The number of halogens is 3. The van der Waals surface area contributed by atoms with Gasteiger partial charge < -0.3 is 14.8 Å². The van der Waals surface area contributed by atoms with Gasteiger partial charge in [-0.2, -0.15) is 0 Å². The molecule has 5 nitrogen and oxygen atoms in total. The lowest BCUT2D eigenvalue weighted by Gasteiger charge is -2.17. The maximum atomic E-state index is 14.1. The van der Waals surface area contributed by atoms with Crippen LogP contribution in [0.15, 0.2) is 66.9 Å². The molecule has 33 heavy (non-hydrogen) atoms. The maximum Gasteiger partial charge on any atom is 0.321 e. The molecule has 8 heteroatoms. The van der Waals surface area contributed by atoms with Crippen molar-refractivity contribution in [1.82, 2.24) is 10.3 Å². The van der Waals surface area contributed by atoms with E-state index in [2.05, 4.69) is 10.3 Å². The van der Waals surface area contributed by atoms with Crippen LogP contribution >= 0.6 is 23.2 Å². The van der Waals surface area contributed by atoms with E-state index in [1.54, 1.807) is 24.3 Å². The Kier molecular flexibility index (Phi) is 7.18. The van der Waals surface area contributed by atoms with Crippen LogP contribution in [0, 0.1) is 5.82 Å². The number of nitrogens with one attached hydrogen (secondary N) is 2. The molecule has 0 spiro atoms. The standard InChI is InChI=1S/C25H21Cl2FN2O3/c26-17-8-9-24(33-14-19-20(27)5-3-6-21(19)28)16(10-17)13-30-23(25(31)32)11-15-12-29-22-7-2-1-4-18(15)22/h1-10,12,23,29-30H,11,13-14H2,(H,31,32)/t23-/m0/s1. The van der Waals surface area contributed by atoms with Crippen LogP contribution in [-0.4, -0.2) is 22.1 Å². The number of benzene rings is 3. The second kappa shape index (κ2) is 10.3. The smallest absolute Gasteiger partial charge is 0.321 e. The van der Waals surface area contributed by atoms with Crippen LogP contribution in [0.5, 0.6) is 5.75 Å². The number of rotatable bonds is 9. The fourth-order valence-corrected chi connectivity index (χ4v) is 4.06. The summed E-state index contributed by atoms with van der Waals surface area (Å²) < 4.78 is 19.9. The van der Waals surface area contributed by atoms with Gasteiger partial charge in [-0.05, 0) is 42.0 Å². The second-order valence-corrected chi connectivity index (χ2v) is 8.42. The minimum atomic E-state index is -0.970. The van der Waals surface area contributed by atoms with Crippen LogP contribution in [-0.2, 0) is 24.4 Å². The summed E-state index contributed by atoms with van der Waals surface area (Å²) in [6.45, 7) is 0.123. The molecule has 170 valence electrons. The predicted octanol–water partition coefficient (Wildman–Crippen LogP) is 5.98. The first-order chi connectivity index (χ1) is 15.9. The number of carboxylic acids is 1. The van der Waals surface area contributed by atoms with Gasteiger partial charge in [-0.3, -0.25) is 10.1 Å². The molecule has 0 aliphatic carbocycles. The van der Waals surface area contributed by atoms with Gasteiger partial charge in [0.1, 0.15) is 24.2 Å². The first kappa shape index (κ1) is 23.1. The number of aromatic nitrogens is 1. The highest BCUT2D eigenvalue weighted by atomic mass is 35.5. The fraction of sp³-hybridized carbons (Fsp3) is 0.160. The zero-order valence-corrected chi connectivity index (χ0v) is 19.0. The van der Waals surface area contributed by atoms with Crippen molar-refractivity contribution in [2.24, 2.45) is 0 Å². The van der Waals surface area contributed by atoms with E-state index in [1.807, 2.05) is 30.5 Å². The average Bonchev–Trinajstić information content (AvgIpc) is 3.20. The van der Waals surface area contributed by atoms with E-state index in [0.29, 0.717) is 22.8 Å². The van der Waals surface area contributed by atoms with Crippen molar-refractivity contribution in [2.75, 3.05) is 0 Å². The molecule has 0 aliphatic rings. The summed E-state index contributed by atoms with van der Waals surface area (Å²) in [4.78, 5) is 15.1. The molecule has 0 radical (unpaired) electrons. The van der Waals surface area contributed by atoms with Crippen LogP contribution in [0.3, 0.4) is 0 Å². The lowest BCUT2D eigenvalue weighted by molar-refractivity contribution is -0.139. The molecule has 0 amide bonds. The molecule has 1 heterocycles. The van der Waals surface area contributed by atoms with E-state index >= 15 is 0 Å². The fourth-order valence-electron chi connectivity index (χ4n) is 3.65. The van der Waals surface area contributed by atoms with Crippen LogP contribution in [0.25, 0.3) is 10.9 Å². The van der Waals surface area contributed by atoms with Gasteiger partial charge in [-0.15, -0.1) is 0 Å². The number of hydrogen-bond donors (Lipinski definition) is 3. The number of carboxylic acid groups (broad SMARTS) is 1. The highest BCUT2D eigenvalue weighted by Gasteiger charge is 2.20. The van der Waals surface area contributed by atoms with Crippen molar-refractivity contribution < 1.29 is 19.0 Å². The molecular formula is C25H21Cl2FN2O3. The van der Waals surface area contributed by atoms with Gasteiger partial charge in [-0.25, -0.2) is 4.39 Å². The number of aliphatic carboxylic acids is 1. The number of aromatic amines is 1. The van der Waals surface area contributed by atoms with Crippen molar-refractivity contribution in [2.45, 2.75) is 25.6 Å². The van der Waals surface area contributed by atoms with E-state index in [-0.39, 0.29) is 23.7 Å². The largest absolute Gasteiger partial charge is 0.488 e. The van der Waals surface area contributed by atoms with Crippen molar-refractivity contribution in [3.63, 3.8) is 0 Å². The third-order valence-electron chi connectivity index (χ3n) is 5.39. The number of para-hydroxylation sites is 1. The molecule has 0 saturated carbocycles. The quantitative estimate of drug-likeness (QED) is 0.272. The topological polar surface area (TPSA) is 74.3 Å². The normalized spacial score (nSPS) is 12.1. The van der Waals surface area contributed by atoms with Gasteiger partial charge in [0.05, 0.1) is 5.02 Å². The Balaban J connectivity index is 1.49. The molecule has 3 N–H and O–H groups in total. The molecule has 4 aromatic rings. The molecule has 1 atom stereocenters. The SMILES string of the molecule is O=C(O)[C@H](Cc1c[nH]c2ccccc12)NCc1cc(Cl)ccc1OCc1c(F)cccc1Cl. The zero-order valence-electron chi connectivity index (χ0n) is 17.4. The van der Waals surface area contributed by atoms with E-state index in [0.717, 1.165) is 16.5 Å². The van der Waals surface area contributed by atoms with Crippen molar-refractivity contribution in [3.05, 3.63) is 99.4 Å². The van der Waals surface area contributed by atoms with Gasteiger partial charge in [0.2, 0.25) is 0 Å². The molecule has 0 fully saturated rings. The van der Waals surface area contributed by atoms with Crippen molar-refractivity contribution in [3.8, 4) is 5.75 Å². The summed E-state index contributed by atoms with van der Waals surface area (Å²) in [6.07, 6.45) is 2.12. The van der Waals surface area contributed by atoms with E-state index in [9.17, 15) is 14.3 Å².